The highest BCUT2D eigenvalue weighted by Crippen LogP contribution is 2.31. The number of nitrogens with one attached hydrogen (secondary N) is 1. The number of nitrogens with zero attached hydrogens (tertiary/aromatic N) is 1. The van der Waals surface area contributed by atoms with Gasteiger partial charge in [0.05, 0.1) is 16.0 Å². The molecule has 0 bridgehead atoms. The van der Waals surface area contributed by atoms with Crippen LogP contribution in [0, 0.1) is 10.1 Å². The van der Waals surface area contributed by atoms with Crippen molar-refractivity contribution in [1.29, 1.82) is 0 Å². The molecular formula is C11H14ClN3O3. The van der Waals surface area contributed by atoms with Crippen LogP contribution in [0.25, 0.3) is 0 Å². The van der Waals surface area contributed by atoms with E-state index in [-0.39, 0.29) is 22.9 Å². The molecule has 7 heteroatoms. The molecule has 0 fully saturated rings. The third-order valence-electron chi connectivity index (χ3n) is 2.18. The summed E-state index contributed by atoms with van der Waals surface area (Å²) in [6, 6.07) is 4.45. The molecule has 4 N–H and O–H groups in total. The van der Waals surface area contributed by atoms with E-state index in [2.05, 4.69) is 5.32 Å². The molecule has 1 aromatic carbocycles. The lowest BCUT2D eigenvalue weighted by atomic mass is 10.2. The lowest BCUT2D eigenvalue weighted by Gasteiger charge is -2.06. The van der Waals surface area contributed by atoms with Gasteiger partial charge in [0, 0.05) is 19.2 Å². The minimum absolute atomic E-state index is 0.0877. The molecule has 1 aromatic rings. The van der Waals surface area contributed by atoms with Crippen LogP contribution in [0.3, 0.4) is 0 Å². The lowest BCUT2D eigenvalue weighted by molar-refractivity contribution is -0.383. The number of anilines is 1. The Balaban J connectivity index is 2.72. The largest absolute Gasteiger partial charge is 0.388 e. The molecule has 18 heavy (non-hydrogen) atoms. The topological polar surface area (TPSA) is 101 Å². The summed E-state index contributed by atoms with van der Waals surface area (Å²) in [6.07, 6.45) is 2.42. The first-order valence-electron chi connectivity index (χ1n) is 5.27. The Bertz CT molecular complexity index is 451. The van der Waals surface area contributed by atoms with Gasteiger partial charge in [-0.05, 0) is 6.07 Å². The van der Waals surface area contributed by atoms with Gasteiger partial charge in [-0.2, -0.15) is 0 Å². The predicted molar refractivity (Wildman–Crippen MR) is 70.8 cm³/mol. The summed E-state index contributed by atoms with van der Waals surface area (Å²) >= 11 is 5.88. The number of nitro benzene ring substituents is 1. The molecule has 1 atom stereocenters. The fourth-order valence-electron chi connectivity index (χ4n) is 1.30. The summed E-state index contributed by atoms with van der Waals surface area (Å²) in [4.78, 5) is 10.3. The minimum atomic E-state index is -0.715. The van der Waals surface area contributed by atoms with E-state index in [1.54, 1.807) is 12.1 Å². The fourth-order valence-corrected chi connectivity index (χ4v) is 1.54. The van der Waals surface area contributed by atoms with Crippen LogP contribution in [-0.4, -0.2) is 29.2 Å². The Morgan fingerprint density at radius 2 is 2.33 bits per heavy atom. The highest BCUT2D eigenvalue weighted by Gasteiger charge is 2.15. The number of rotatable bonds is 6. The van der Waals surface area contributed by atoms with E-state index in [9.17, 15) is 15.2 Å². The molecule has 0 aromatic heterocycles. The van der Waals surface area contributed by atoms with E-state index in [4.69, 9.17) is 17.3 Å². The maximum Gasteiger partial charge on any atom is 0.293 e. The van der Waals surface area contributed by atoms with Gasteiger partial charge in [0.25, 0.3) is 5.69 Å². The Hall–Kier alpha value is -1.63. The number of aliphatic hydroxyl groups excluding tert-OH is 1. The van der Waals surface area contributed by atoms with Crippen molar-refractivity contribution in [1.82, 2.24) is 0 Å². The number of hydrogen-bond donors (Lipinski definition) is 3. The number of para-hydroxylation sites is 1. The van der Waals surface area contributed by atoms with Gasteiger partial charge in [0.1, 0.15) is 5.69 Å². The molecule has 0 radical (unpaired) electrons. The molecule has 0 amide bonds. The molecule has 0 unspecified atom stereocenters. The molecule has 0 spiro atoms. The van der Waals surface area contributed by atoms with Crippen molar-refractivity contribution in [2.45, 2.75) is 6.10 Å². The maximum atomic E-state index is 10.8. The average Bonchev–Trinajstić information content (AvgIpc) is 2.35. The number of nitrogens with two attached hydrogens (primary N) is 1. The molecule has 0 saturated heterocycles. The van der Waals surface area contributed by atoms with Crippen molar-refractivity contribution in [2.24, 2.45) is 5.73 Å². The predicted octanol–water partition coefficient (Wildman–Crippen LogP) is 1.54. The first kappa shape index (κ1) is 14.4. The third-order valence-corrected chi connectivity index (χ3v) is 2.50. The molecule has 0 aliphatic carbocycles. The van der Waals surface area contributed by atoms with Gasteiger partial charge in [-0.25, -0.2) is 0 Å². The van der Waals surface area contributed by atoms with E-state index < -0.39 is 11.0 Å². The maximum absolute atomic E-state index is 10.8. The van der Waals surface area contributed by atoms with Crippen molar-refractivity contribution in [2.75, 3.05) is 18.4 Å². The van der Waals surface area contributed by atoms with Crippen LogP contribution in [0.5, 0.6) is 0 Å². The van der Waals surface area contributed by atoms with E-state index in [1.165, 1.54) is 18.2 Å². The fraction of sp³-hybridized carbons (Fsp3) is 0.273. The second-order valence-electron chi connectivity index (χ2n) is 3.50. The number of hydrogen-bond acceptors (Lipinski definition) is 5. The van der Waals surface area contributed by atoms with Crippen LogP contribution < -0.4 is 11.1 Å². The number of nitro groups is 1. The smallest absolute Gasteiger partial charge is 0.293 e. The standard InChI is InChI=1S/C11H14ClN3O3/c12-9-4-1-5-10(15(17)18)11(9)14-6-2-3-8(16)7-13/h1-5,8,14,16H,6-7,13H2/b3-2+/t8-/m1/s1. The van der Waals surface area contributed by atoms with E-state index in [0.29, 0.717) is 6.54 Å². The van der Waals surface area contributed by atoms with Crippen LogP contribution in [0.4, 0.5) is 11.4 Å². The quantitative estimate of drug-likeness (QED) is 0.414. The van der Waals surface area contributed by atoms with Gasteiger partial charge in [-0.15, -0.1) is 0 Å². The molecule has 6 nitrogen and oxygen atoms in total. The van der Waals surface area contributed by atoms with Gasteiger partial charge in [0.15, 0.2) is 0 Å². The second-order valence-corrected chi connectivity index (χ2v) is 3.91. The normalized spacial score (nSPS) is 12.6. The summed E-state index contributed by atoms with van der Waals surface area (Å²) < 4.78 is 0. The van der Waals surface area contributed by atoms with Gasteiger partial charge in [0.2, 0.25) is 0 Å². The van der Waals surface area contributed by atoms with Gasteiger partial charge < -0.3 is 16.2 Å². The number of benzene rings is 1. The van der Waals surface area contributed by atoms with Gasteiger partial charge in [-0.1, -0.05) is 29.8 Å². The Morgan fingerprint density at radius 3 is 2.94 bits per heavy atom. The molecule has 98 valence electrons. The van der Waals surface area contributed by atoms with Gasteiger partial charge >= 0.3 is 0 Å². The van der Waals surface area contributed by atoms with Crippen LogP contribution in [-0.2, 0) is 0 Å². The summed E-state index contributed by atoms with van der Waals surface area (Å²) in [7, 11) is 0. The zero-order valence-corrected chi connectivity index (χ0v) is 10.3. The van der Waals surface area contributed by atoms with E-state index >= 15 is 0 Å². The van der Waals surface area contributed by atoms with Crippen LogP contribution >= 0.6 is 11.6 Å². The van der Waals surface area contributed by atoms with Crippen molar-refractivity contribution in [3.8, 4) is 0 Å². The summed E-state index contributed by atoms with van der Waals surface area (Å²) in [5.41, 5.74) is 5.39. The van der Waals surface area contributed by atoms with E-state index in [0.717, 1.165) is 0 Å². The van der Waals surface area contributed by atoms with Crippen molar-refractivity contribution in [3.05, 3.63) is 45.5 Å². The molecule has 1 rings (SSSR count). The number of aliphatic hydroxyl groups is 1. The van der Waals surface area contributed by atoms with Crippen LogP contribution in [0.1, 0.15) is 0 Å². The molecular weight excluding hydrogens is 258 g/mol. The zero-order valence-electron chi connectivity index (χ0n) is 9.54. The monoisotopic (exact) mass is 271 g/mol. The van der Waals surface area contributed by atoms with Crippen LogP contribution in [0.2, 0.25) is 5.02 Å². The van der Waals surface area contributed by atoms with Crippen molar-refractivity contribution < 1.29 is 10.0 Å². The van der Waals surface area contributed by atoms with Crippen molar-refractivity contribution in [3.63, 3.8) is 0 Å². The Morgan fingerprint density at radius 1 is 1.61 bits per heavy atom. The third kappa shape index (κ3) is 3.99. The first-order valence-corrected chi connectivity index (χ1v) is 5.65. The summed E-state index contributed by atoms with van der Waals surface area (Å²) in [5.74, 6) is 0. The van der Waals surface area contributed by atoms with Crippen LogP contribution in [0.15, 0.2) is 30.4 Å². The Kier molecular flexibility index (Phi) is 5.57. The second kappa shape index (κ2) is 6.95. The zero-order chi connectivity index (χ0) is 13.5. The lowest BCUT2D eigenvalue weighted by Crippen LogP contribution is -2.17. The SMILES string of the molecule is NC[C@H](O)/C=C/CNc1c(Cl)cccc1[N+](=O)[O-]. The molecule has 0 aliphatic rings. The Labute approximate surface area is 109 Å². The average molecular weight is 272 g/mol. The van der Waals surface area contributed by atoms with Crippen molar-refractivity contribution >= 4 is 23.0 Å². The highest BCUT2D eigenvalue weighted by atomic mass is 35.5. The molecule has 0 aliphatic heterocycles. The highest BCUT2D eigenvalue weighted by molar-refractivity contribution is 6.33. The first-order chi connectivity index (χ1) is 8.56. The van der Waals surface area contributed by atoms with Gasteiger partial charge in [-0.3, -0.25) is 10.1 Å². The number of halogens is 1. The minimum Gasteiger partial charge on any atom is -0.388 e. The van der Waals surface area contributed by atoms with E-state index in [1.807, 2.05) is 0 Å². The summed E-state index contributed by atoms with van der Waals surface area (Å²) in [5, 5.41) is 23.1. The molecule has 0 heterocycles. The molecule has 0 saturated carbocycles. The summed E-state index contributed by atoms with van der Waals surface area (Å²) in [6.45, 7) is 0.435.